The summed E-state index contributed by atoms with van der Waals surface area (Å²) in [6.07, 6.45) is 3.99. The molecule has 2 fully saturated rings. The number of nitrogens with zero attached hydrogens (tertiary/aromatic N) is 4. The maximum absolute atomic E-state index is 14.3. The van der Waals surface area contributed by atoms with Crippen molar-refractivity contribution in [1.29, 1.82) is 0 Å². The molecule has 0 unspecified atom stereocenters. The molecule has 7 heteroatoms. The van der Waals surface area contributed by atoms with Crippen molar-refractivity contribution in [3.8, 4) is 5.69 Å². The fraction of sp³-hybridized carbons (Fsp3) is 0.217. The Morgan fingerprint density at radius 2 is 1.73 bits per heavy atom. The zero-order valence-corrected chi connectivity index (χ0v) is 16.2. The molecule has 0 radical (unpaired) electrons. The number of hydrogen-bond acceptors (Lipinski definition) is 3. The second kappa shape index (κ2) is 6.45. The van der Waals surface area contributed by atoms with Gasteiger partial charge in [-0.1, -0.05) is 18.2 Å². The lowest BCUT2D eigenvalue weighted by Gasteiger charge is -2.18. The molecule has 1 saturated carbocycles. The van der Waals surface area contributed by atoms with E-state index in [2.05, 4.69) is 5.10 Å². The van der Waals surface area contributed by atoms with Gasteiger partial charge in [0.1, 0.15) is 17.3 Å². The summed E-state index contributed by atoms with van der Waals surface area (Å²) in [6.45, 7) is 1.09. The number of halogens is 1. The van der Waals surface area contributed by atoms with Crippen molar-refractivity contribution in [2.75, 3.05) is 22.9 Å². The van der Waals surface area contributed by atoms with E-state index in [0.717, 1.165) is 35.2 Å². The van der Waals surface area contributed by atoms with Crippen LogP contribution in [0.2, 0.25) is 0 Å². The van der Waals surface area contributed by atoms with Crippen LogP contribution in [0.1, 0.15) is 24.5 Å². The number of para-hydroxylation sites is 1. The SMILES string of the molecule is O=C1N(c2ccc(C3CC3)o2)CCN1c1cccc2c1cnn2-c1ccccc1F. The highest BCUT2D eigenvalue weighted by molar-refractivity contribution is 6.10. The number of furan rings is 1. The predicted molar refractivity (Wildman–Crippen MR) is 112 cm³/mol. The summed E-state index contributed by atoms with van der Waals surface area (Å²) in [5, 5.41) is 5.20. The molecule has 2 aliphatic rings. The van der Waals surface area contributed by atoms with Crippen LogP contribution in [0.25, 0.3) is 16.6 Å². The molecule has 0 N–H and O–H groups in total. The van der Waals surface area contributed by atoms with Crippen LogP contribution in [-0.4, -0.2) is 28.9 Å². The zero-order chi connectivity index (χ0) is 20.2. The van der Waals surface area contributed by atoms with Gasteiger partial charge in [0.05, 0.1) is 17.4 Å². The molecule has 30 heavy (non-hydrogen) atoms. The largest absolute Gasteiger partial charge is 0.445 e. The van der Waals surface area contributed by atoms with Gasteiger partial charge < -0.3 is 4.42 Å². The highest BCUT2D eigenvalue weighted by atomic mass is 19.1. The minimum Gasteiger partial charge on any atom is -0.445 e. The Hall–Kier alpha value is -3.61. The fourth-order valence-corrected chi connectivity index (χ4v) is 4.13. The Morgan fingerprint density at radius 1 is 0.933 bits per heavy atom. The van der Waals surface area contributed by atoms with Crippen molar-refractivity contribution >= 4 is 28.5 Å². The van der Waals surface area contributed by atoms with Crippen LogP contribution in [-0.2, 0) is 0 Å². The Labute approximate surface area is 172 Å². The lowest BCUT2D eigenvalue weighted by Crippen LogP contribution is -2.31. The number of aromatic nitrogens is 2. The first-order valence-corrected chi connectivity index (χ1v) is 10.1. The van der Waals surface area contributed by atoms with Crippen LogP contribution < -0.4 is 9.80 Å². The molecule has 2 amide bonds. The molecule has 3 heterocycles. The Bertz CT molecular complexity index is 1270. The highest BCUT2D eigenvalue weighted by Crippen LogP contribution is 2.42. The minimum absolute atomic E-state index is 0.127. The molecule has 6 rings (SSSR count). The van der Waals surface area contributed by atoms with Gasteiger partial charge in [0.25, 0.3) is 0 Å². The summed E-state index contributed by atoms with van der Waals surface area (Å²) in [4.78, 5) is 16.6. The number of anilines is 2. The predicted octanol–water partition coefficient (Wildman–Crippen LogP) is 5.08. The number of rotatable bonds is 4. The molecule has 150 valence electrons. The third-order valence-corrected chi connectivity index (χ3v) is 5.83. The lowest BCUT2D eigenvalue weighted by atomic mass is 10.2. The van der Waals surface area contributed by atoms with Crippen molar-refractivity contribution in [2.45, 2.75) is 18.8 Å². The van der Waals surface area contributed by atoms with Gasteiger partial charge in [-0.15, -0.1) is 0 Å². The van der Waals surface area contributed by atoms with E-state index < -0.39 is 0 Å². The van der Waals surface area contributed by atoms with Crippen LogP contribution >= 0.6 is 0 Å². The molecule has 2 aromatic carbocycles. The summed E-state index contributed by atoms with van der Waals surface area (Å²) in [6, 6.07) is 15.9. The van der Waals surface area contributed by atoms with Gasteiger partial charge in [0, 0.05) is 30.5 Å². The van der Waals surface area contributed by atoms with Crippen molar-refractivity contribution in [3.05, 3.63) is 72.4 Å². The molecular formula is C23H19FN4O2. The minimum atomic E-state index is -0.347. The Balaban J connectivity index is 1.36. The first-order valence-electron chi connectivity index (χ1n) is 10.1. The molecule has 1 aliphatic carbocycles. The zero-order valence-electron chi connectivity index (χ0n) is 16.2. The Morgan fingerprint density at radius 3 is 2.57 bits per heavy atom. The van der Waals surface area contributed by atoms with E-state index in [1.807, 2.05) is 30.3 Å². The van der Waals surface area contributed by atoms with Gasteiger partial charge in [0.2, 0.25) is 5.88 Å². The summed E-state index contributed by atoms with van der Waals surface area (Å²) in [5.41, 5.74) is 1.89. The quantitative estimate of drug-likeness (QED) is 0.478. The van der Waals surface area contributed by atoms with Crippen molar-refractivity contribution in [1.82, 2.24) is 9.78 Å². The van der Waals surface area contributed by atoms with Gasteiger partial charge in [-0.25, -0.2) is 13.9 Å². The first-order chi connectivity index (χ1) is 14.7. The second-order valence-corrected chi connectivity index (χ2v) is 7.75. The summed E-state index contributed by atoms with van der Waals surface area (Å²) in [7, 11) is 0. The second-order valence-electron chi connectivity index (χ2n) is 7.75. The summed E-state index contributed by atoms with van der Waals surface area (Å²) >= 11 is 0. The smallest absolute Gasteiger partial charge is 0.331 e. The van der Waals surface area contributed by atoms with Crippen LogP contribution in [0.4, 0.5) is 20.8 Å². The fourth-order valence-electron chi connectivity index (χ4n) is 4.13. The van der Waals surface area contributed by atoms with Gasteiger partial charge in [0.15, 0.2) is 0 Å². The topological polar surface area (TPSA) is 54.5 Å². The van der Waals surface area contributed by atoms with E-state index in [1.165, 1.54) is 6.07 Å². The number of carbonyl (C=O) groups excluding carboxylic acids is 1. The molecule has 0 bridgehead atoms. The van der Waals surface area contributed by atoms with Crippen molar-refractivity contribution in [2.24, 2.45) is 0 Å². The molecule has 0 atom stereocenters. The average Bonchev–Trinajstić information content (AvgIpc) is 3.17. The molecule has 2 aromatic heterocycles. The third kappa shape index (κ3) is 2.62. The maximum atomic E-state index is 14.3. The third-order valence-electron chi connectivity index (χ3n) is 5.83. The highest BCUT2D eigenvalue weighted by Gasteiger charge is 2.35. The number of carbonyl (C=O) groups is 1. The molecule has 4 aromatic rings. The van der Waals surface area contributed by atoms with Gasteiger partial charge >= 0.3 is 6.03 Å². The normalized spacial score (nSPS) is 16.8. The first kappa shape index (κ1) is 17.3. The van der Waals surface area contributed by atoms with E-state index in [4.69, 9.17) is 4.42 Å². The molecule has 6 nitrogen and oxygen atoms in total. The number of amides is 2. The molecule has 0 spiro atoms. The molecular weight excluding hydrogens is 383 g/mol. The number of benzene rings is 2. The lowest BCUT2D eigenvalue weighted by molar-refractivity contribution is 0.255. The van der Waals surface area contributed by atoms with E-state index >= 15 is 0 Å². The van der Waals surface area contributed by atoms with Crippen LogP contribution in [0.15, 0.2) is 65.2 Å². The van der Waals surface area contributed by atoms with Gasteiger partial charge in [-0.05, 0) is 43.2 Å². The van der Waals surface area contributed by atoms with E-state index in [9.17, 15) is 9.18 Å². The average molecular weight is 402 g/mol. The van der Waals surface area contributed by atoms with E-state index in [-0.39, 0.29) is 11.8 Å². The molecule has 1 saturated heterocycles. The van der Waals surface area contributed by atoms with Crippen LogP contribution in [0, 0.1) is 5.82 Å². The van der Waals surface area contributed by atoms with E-state index in [1.54, 1.807) is 38.9 Å². The van der Waals surface area contributed by atoms with Crippen LogP contribution in [0.3, 0.4) is 0 Å². The monoisotopic (exact) mass is 402 g/mol. The standard InChI is InChI=1S/C23H19FN4O2/c24-17-4-1-2-5-20(17)28-19-7-3-6-18(16(19)14-25-28)26-12-13-27(23(26)29)22-11-10-21(30-22)15-8-9-15/h1-7,10-11,14-15H,8-9,12-13H2. The van der Waals surface area contributed by atoms with Gasteiger partial charge in [-0.2, -0.15) is 5.10 Å². The molecule has 1 aliphatic heterocycles. The number of fused-ring (bicyclic) bond motifs is 1. The number of hydrogen-bond donors (Lipinski definition) is 0. The van der Waals surface area contributed by atoms with Crippen molar-refractivity contribution < 1.29 is 13.6 Å². The maximum Gasteiger partial charge on any atom is 0.331 e. The summed E-state index contributed by atoms with van der Waals surface area (Å²) in [5.74, 6) is 1.72. The number of urea groups is 1. The van der Waals surface area contributed by atoms with Crippen molar-refractivity contribution in [3.63, 3.8) is 0 Å². The summed E-state index contributed by atoms with van der Waals surface area (Å²) < 4.78 is 21.8. The Kier molecular flexibility index (Phi) is 3.71. The van der Waals surface area contributed by atoms with E-state index in [0.29, 0.717) is 30.6 Å². The van der Waals surface area contributed by atoms with Gasteiger partial charge in [-0.3, -0.25) is 9.80 Å². The van der Waals surface area contributed by atoms with Crippen LogP contribution in [0.5, 0.6) is 0 Å².